The minimum atomic E-state index is -1.17. The van der Waals surface area contributed by atoms with Gasteiger partial charge < -0.3 is 15.2 Å². The Morgan fingerprint density at radius 1 is 1.53 bits per heavy atom. The molecule has 19 heavy (non-hydrogen) atoms. The predicted molar refractivity (Wildman–Crippen MR) is 66.8 cm³/mol. The molecule has 0 radical (unpaired) electrons. The van der Waals surface area contributed by atoms with Crippen LogP contribution in [0.25, 0.3) is 5.32 Å². The monoisotopic (exact) mass is 310 g/mol. The summed E-state index contributed by atoms with van der Waals surface area (Å²) < 4.78 is 4.95. The predicted octanol–water partition coefficient (Wildman–Crippen LogP) is -0.548. The number of carbonyl (C=O) groups excluding carboxylic acids is 1. The minimum absolute atomic E-state index is 0. The number of carboxylic acids is 1. The molecule has 0 aliphatic carbocycles. The summed E-state index contributed by atoms with van der Waals surface area (Å²) >= 11 is 1.32. The Morgan fingerprint density at radius 3 is 2.58 bits per heavy atom. The quantitative estimate of drug-likeness (QED) is 0.754. The average molecular weight is 310 g/mol. The van der Waals surface area contributed by atoms with Gasteiger partial charge in [-0.3, -0.25) is 9.59 Å². The molecule has 1 aromatic heterocycles. The van der Waals surface area contributed by atoms with Gasteiger partial charge in [-0.1, -0.05) is 0 Å². The number of thiazole rings is 1. The number of hydrogen-bond acceptors (Lipinski definition) is 5. The van der Waals surface area contributed by atoms with Crippen LogP contribution in [-0.2, 0) is 16.0 Å². The van der Waals surface area contributed by atoms with E-state index in [1.165, 1.54) is 11.3 Å². The zero-order chi connectivity index (χ0) is 13.8. The summed E-state index contributed by atoms with van der Waals surface area (Å²) in [5.41, 5.74) is -0.690. The summed E-state index contributed by atoms with van der Waals surface area (Å²) in [6.45, 7) is 5.07. The van der Waals surface area contributed by atoms with E-state index in [9.17, 15) is 9.59 Å². The third-order valence-electron chi connectivity index (χ3n) is 1.79. The fourth-order valence-electron chi connectivity index (χ4n) is 1.12. The van der Waals surface area contributed by atoms with Gasteiger partial charge in [0.05, 0.1) is 5.01 Å². The molecule has 0 unspecified atom stereocenters. The SMILES string of the molecule is CC(C)(C)OC(=O)[N-][C@H](Cc1nccs1)C(=O)O.[K+]. The first-order chi connectivity index (χ1) is 8.28. The third-order valence-corrected chi connectivity index (χ3v) is 2.59. The summed E-state index contributed by atoms with van der Waals surface area (Å²) in [6.07, 6.45) is 0.796. The van der Waals surface area contributed by atoms with Gasteiger partial charge in [-0.05, 0) is 33.2 Å². The number of carbonyl (C=O) groups is 2. The zero-order valence-corrected chi connectivity index (χ0v) is 15.4. The number of ether oxygens (including phenoxy) is 1. The molecule has 1 atom stereocenters. The molecule has 1 amide bonds. The fourth-order valence-corrected chi connectivity index (χ4v) is 1.78. The molecule has 100 valence electrons. The molecule has 0 spiro atoms. The van der Waals surface area contributed by atoms with Gasteiger partial charge in [0.1, 0.15) is 5.60 Å². The maximum Gasteiger partial charge on any atom is 1.00 e. The van der Waals surface area contributed by atoms with Gasteiger partial charge in [0, 0.05) is 11.6 Å². The molecule has 0 saturated carbocycles. The van der Waals surface area contributed by atoms with Crippen LogP contribution >= 0.6 is 11.3 Å². The Balaban J connectivity index is 0.00000324. The number of aliphatic carboxylic acids is 1. The Morgan fingerprint density at radius 2 is 2.16 bits per heavy atom. The van der Waals surface area contributed by atoms with Gasteiger partial charge in [0.25, 0.3) is 5.97 Å². The molecular weight excluding hydrogens is 295 g/mol. The van der Waals surface area contributed by atoms with Gasteiger partial charge in [-0.2, -0.15) is 0 Å². The van der Waals surface area contributed by atoms with Gasteiger partial charge in [-0.25, -0.2) is 4.98 Å². The van der Waals surface area contributed by atoms with Crippen molar-refractivity contribution < 1.29 is 70.8 Å². The second-order valence-electron chi connectivity index (χ2n) is 4.59. The van der Waals surface area contributed by atoms with E-state index in [0.717, 1.165) is 0 Å². The van der Waals surface area contributed by atoms with Crippen LogP contribution < -0.4 is 51.4 Å². The number of hydrogen-bond donors (Lipinski definition) is 1. The maximum atomic E-state index is 11.4. The molecule has 1 heterocycles. The smallest absolute Gasteiger partial charge is 0.605 e. The molecule has 6 nitrogen and oxygen atoms in total. The second-order valence-corrected chi connectivity index (χ2v) is 5.57. The summed E-state index contributed by atoms with van der Waals surface area (Å²) in [4.78, 5) is 26.4. The van der Waals surface area contributed by atoms with Gasteiger partial charge in [-0.15, -0.1) is 11.3 Å². The number of amides is 1. The van der Waals surface area contributed by atoms with Crippen LogP contribution in [0.3, 0.4) is 0 Å². The van der Waals surface area contributed by atoms with Crippen LogP contribution in [0.1, 0.15) is 25.8 Å². The average Bonchev–Trinajstić information content (AvgIpc) is 2.66. The van der Waals surface area contributed by atoms with Crippen LogP contribution in [-0.4, -0.2) is 33.8 Å². The summed E-state index contributed by atoms with van der Waals surface area (Å²) in [7, 11) is 0. The van der Waals surface area contributed by atoms with Crippen molar-refractivity contribution in [2.75, 3.05) is 0 Å². The van der Waals surface area contributed by atoms with Crippen molar-refractivity contribution in [1.82, 2.24) is 4.98 Å². The van der Waals surface area contributed by atoms with Crippen molar-refractivity contribution >= 4 is 23.4 Å². The van der Waals surface area contributed by atoms with Crippen LogP contribution in [0.2, 0.25) is 0 Å². The van der Waals surface area contributed by atoms with E-state index in [1.807, 2.05) is 0 Å². The first kappa shape index (κ1) is 19.0. The van der Waals surface area contributed by atoms with E-state index < -0.39 is 23.7 Å². The van der Waals surface area contributed by atoms with Crippen molar-refractivity contribution in [1.29, 1.82) is 0 Å². The minimum Gasteiger partial charge on any atom is -0.605 e. The van der Waals surface area contributed by atoms with E-state index in [1.54, 1.807) is 32.3 Å². The van der Waals surface area contributed by atoms with E-state index in [0.29, 0.717) is 5.01 Å². The topological polar surface area (TPSA) is 90.6 Å². The van der Waals surface area contributed by atoms with E-state index in [2.05, 4.69) is 10.3 Å². The molecule has 0 fully saturated rings. The second kappa shape index (κ2) is 8.33. The van der Waals surface area contributed by atoms with E-state index in [-0.39, 0.29) is 57.8 Å². The molecule has 8 heteroatoms. The molecule has 1 N–H and O–H groups in total. The van der Waals surface area contributed by atoms with Gasteiger partial charge in [0.15, 0.2) is 0 Å². The van der Waals surface area contributed by atoms with Crippen LogP contribution in [0.15, 0.2) is 11.6 Å². The molecule has 1 rings (SSSR count). The Hall–Kier alpha value is 0.00636. The molecule has 0 aliphatic heterocycles. The number of carboxylic acid groups (broad SMARTS) is 1. The standard InChI is InChI=1S/C11H16N2O4S.K/c1-11(2,3)17-10(16)13-7(9(14)15)6-8-12-4-5-18-8;/h4-5,7H,6H2,1-3H3,(H2,13,14,15,16);/q;+1/p-1/t7-;/m1./s1. The largest absolute Gasteiger partial charge is 1.00 e. The van der Waals surface area contributed by atoms with Gasteiger partial charge >= 0.3 is 51.4 Å². The van der Waals surface area contributed by atoms with Crippen molar-refractivity contribution in [3.63, 3.8) is 0 Å². The Labute approximate surface area is 158 Å². The normalized spacial score (nSPS) is 12.2. The molecule has 0 aliphatic rings. The maximum absolute atomic E-state index is 11.4. The Kier molecular flexibility index (Phi) is 8.33. The summed E-state index contributed by atoms with van der Waals surface area (Å²) in [6, 6.07) is -1.16. The van der Waals surface area contributed by atoms with Crippen molar-refractivity contribution in [2.24, 2.45) is 0 Å². The van der Waals surface area contributed by atoms with Gasteiger partial charge in [0.2, 0.25) is 6.09 Å². The molecule has 1 aromatic rings. The van der Waals surface area contributed by atoms with E-state index >= 15 is 0 Å². The van der Waals surface area contributed by atoms with Crippen molar-refractivity contribution in [3.8, 4) is 0 Å². The summed E-state index contributed by atoms with van der Waals surface area (Å²) in [5, 5.41) is 14.9. The molecular formula is C11H15KN2O4S. The summed E-state index contributed by atoms with van der Waals surface area (Å²) in [5.74, 6) is -1.17. The third kappa shape index (κ3) is 8.00. The number of rotatable bonds is 4. The van der Waals surface area contributed by atoms with Crippen molar-refractivity contribution in [2.45, 2.75) is 38.8 Å². The van der Waals surface area contributed by atoms with Crippen LogP contribution in [0.4, 0.5) is 4.79 Å². The zero-order valence-electron chi connectivity index (χ0n) is 11.4. The van der Waals surface area contributed by atoms with E-state index in [4.69, 9.17) is 9.84 Å². The van der Waals surface area contributed by atoms with Crippen molar-refractivity contribution in [3.05, 3.63) is 21.9 Å². The number of aromatic nitrogens is 1. The number of nitrogens with zero attached hydrogens (tertiary/aromatic N) is 2. The first-order valence-electron chi connectivity index (χ1n) is 5.33. The molecule has 0 aromatic carbocycles. The molecule has 0 bridgehead atoms. The van der Waals surface area contributed by atoms with Crippen LogP contribution in [0.5, 0.6) is 0 Å². The fraction of sp³-hybridized carbons (Fsp3) is 0.545. The van der Waals surface area contributed by atoms with Crippen LogP contribution in [0, 0.1) is 0 Å². The Bertz CT molecular complexity index is 417. The molecule has 0 saturated heterocycles. The first-order valence-corrected chi connectivity index (χ1v) is 6.21.